The average molecular weight is 397 g/mol. The van der Waals surface area contributed by atoms with Crippen molar-refractivity contribution in [2.45, 2.75) is 13.0 Å². The van der Waals surface area contributed by atoms with E-state index in [1.807, 2.05) is 10.8 Å². The molecule has 0 fully saturated rings. The highest BCUT2D eigenvalue weighted by atomic mass is 35.5. The number of anilines is 2. The molecule has 10 heteroatoms. The highest BCUT2D eigenvalue weighted by molar-refractivity contribution is 7.19. The number of nitrogens with zero attached hydrogens (tertiary/aromatic N) is 4. The first kappa shape index (κ1) is 17.7. The van der Waals surface area contributed by atoms with Crippen LogP contribution in [-0.2, 0) is 6.54 Å². The topological polar surface area (TPSA) is 84.7 Å². The van der Waals surface area contributed by atoms with Gasteiger partial charge in [0.05, 0.1) is 16.4 Å². The molecule has 0 aliphatic heterocycles. The van der Waals surface area contributed by atoms with Crippen LogP contribution in [0.3, 0.4) is 0 Å². The van der Waals surface area contributed by atoms with Crippen LogP contribution in [0.4, 0.5) is 10.3 Å². The molecule has 2 N–H and O–H groups in total. The number of imidazole rings is 1. The second-order valence-corrected chi connectivity index (χ2v) is 6.87. The summed E-state index contributed by atoms with van der Waals surface area (Å²) < 4.78 is 2.00. The van der Waals surface area contributed by atoms with Gasteiger partial charge in [-0.05, 0) is 24.6 Å². The third kappa shape index (κ3) is 4.91. The van der Waals surface area contributed by atoms with E-state index in [-0.39, 0.29) is 5.91 Å². The predicted octanol–water partition coefficient (Wildman–Crippen LogP) is 3.80. The number of benzene rings is 1. The predicted molar refractivity (Wildman–Crippen MR) is 99.7 cm³/mol. The van der Waals surface area contributed by atoms with E-state index in [1.165, 1.54) is 17.4 Å². The number of hydrogen-bond acceptors (Lipinski definition) is 6. The zero-order chi connectivity index (χ0) is 17.6. The molecule has 2 heterocycles. The van der Waals surface area contributed by atoms with Crippen LogP contribution in [0.15, 0.2) is 36.9 Å². The maximum Gasteiger partial charge on any atom is 0.257 e. The van der Waals surface area contributed by atoms with Crippen molar-refractivity contribution in [3.05, 3.63) is 52.5 Å². The summed E-state index contributed by atoms with van der Waals surface area (Å²) in [6.07, 6.45) is 6.37. The second-order valence-electron chi connectivity index (χ2n) is 5.08. The fourth-order valence-electron chi connectivity index (χ4n) is 2.03. The largest absolute Gasteiger partial charge is 0.360 e. The standard InChI is InChI=1S/C15H14Cl2N6OS/c16-11-3-2-10(8-12(11)17)13(24)20-15-22-21-14(25-15)19-4-1-6-23-7-5-18-9-23/h2-3,5,7-9H,1,4,6H2,(H,19,21)(H,20,22,24). The molecule has 130 valence electrons. The molecule has 0 atom stereocenters. The van der Waals surface area contributed by atoms with Crippen molar-refractivity contribution in [2.75, 3.05) is 17.2 Å². The van der Waals surface area contributed by atoms with E-state index in [9.17, 15) is 4.79 Å². The summed E-state index contributed by atoms with van der Waals surface area (Å²) >= 11 is 13.0. The van der Waals surface area contributed by atoms with Crippen LogP contribution in [0, 0.1) is 0 Å². The monoisotopic (exact) mass is 396 g/mol. The van der Waals surface area contributed by atoms with Crippen LogP contribution >= 0.6 is 34.5 Å². The summed E-state index contributed by atoms with van der Waals surface area (Å²) in [5.41, 5.74) is 0.402. The molecule has 3 rings (SSSR count). The molecule has 1 amide bonds. The van der Waals surface area contributed by atoms with Gasteiger partial charge in [-0.1, -0.05) is 34.5 Å². The summed E-state index contributed by atoms with van der Waals surface area (Å²) in [4.78, 5) is 16.2. The first-order valence-electron chi connectivity index (χ1n) is 7.41. The Balaban J connectivity index is 1.49. The zero-order valence-electron chi connectivity index (χ0n) is 12.9. The smallest absolute Gasteiger partial charge is 0.257 e. The molecule has 0 saturated heterocycles. The molecule has 7 nitrogen and oxygen atoms in total. The molecule has 1 aromatic carbocycles. The molecule has 0 spiro atoms. The van der Waals surface area contributed by atoms with Crippen molar-refractivity contribution in [3.8, 4) is 0 Å². The Morgan fingerprint density at radius 3 is 2.80 bits per heavy atom. The fourth-order valence-corrected chi connectivity index (χ4v) is 2.99. The fraction of sp³-hybridized carbons (Fsp3) is 0.200. The first-order valence-corrected chi connectivity index (χ1v) is 8.98. The lowest BCUT2D eigenvalue weighted by atomic mass is 10.2. The van der Waals surface area contributed by atoms with Crippen molar-refractivity contribution in [1.82, 2.24) is 19.7 Å². The van der Waals surface area contributed by atoms with Crippen molar-refractivity contribution in [3.63, 3.8) is 0 Å². The van der Waals surface area contributed by atoms with E-state index in [4.69, 9.17) is 23.2 Å². The number of hydrogen-bond donors (Lipinski definition) is 2. The van der Waals surface area contributed by atoms with Gasteiger partial charge in [-0.25, -0.2) is 4.98 Å². The molecule has 3 aromatic rings. The molecule has 0 saturated carbocycles. The number of carbonyl (C=O) groups excluding carboxylic acids is 1. The number of nitrogens with one attached hydrogen (secondary N) is 2. The quantitative estimate of drug-likeness (QED) is 0.593. The lowest BCUT2D eigenvalue weighted by Gasteiger charge is -2.03. The minimum atomic E-state index is -0.318. The summed E-state index contributed by atoms with van der Waals surface area (Å²) in [5.74, 6) is -0.318. The van der Waals surface area contributed by atoms with Gasteiger partial charge in [-0.3, -0.25) is 10.1 Å². The number of aryl methyl sites for hydroxylation is 1. The zero-order valence-corrected chi connectivity index (χ0v) is 15.3. The number of aromatic nitrogens is 4. The van der Waals surface area contributed by atoms with E-state index < -0.39 is 0 Å². The first-order chi connectivity index (χ1) is 12.1. The Hall–Kier alpha value is -2.16. The molecule has 25 heavy (non-hydrogen) atoms. The SMILES string of the molecule is O=C(Nc1nnc(NCCCn2ccnc2)s1)c1ccc(Cl)c(Cl)c1. The summed E-state index contributed by atoms with van der Waals surface area (Å²) in [6, 6.07) is 4.68. The maximum atomic E-state index is 12.2. The van der Waals surface area contributed by atoms with Gasteiger partial charge in [0.25, 0.3) is 5.91 Å². The normalized spacial score (nSPS) is 10.6. The van der Waals surface area contributed by atoms with E-state index in [0.29, 0.717) is 25.9 Å². The Labute approximate surface area is 158 Å². The van der Waals surface area contributed by atoms with Crippen molar-refractivity contribution in [1.29, 1.82) is 0 Å². The van der Waals surface area contributed by atoms with Gasteiger partial charge < -0.3 is 9.88 Å². The number of amides is 1. The third-order valence-electron chi connectivity index (χ3n) is 3.26. The minimum Gasteiger partial charge on any atom is -0.360 e. The minimum absolute atomic E-state index is 0.318. The van der Waals surface area contributed by atoms with E-state index >= 15 is 0 Å². The highest BCUT2D eigenvalue weighted by Crippen LogP contribution is 2.24. The van der Waals surface area contributed by atoms with E-state index in [0.717, 1.165) is 19.5 Å². The van der Waals surface area contributed by atoms with E-state index in [2.05, 4.69) is 25.8 Å². The Kier molecular flexibility index (Phi) is 5.85. The molecule has 0 unspecified atom stereocenters. The second kappa shape index (κ2) is 8.28. The van der Waals surface area contributed by atoms with Crippen molar-refractivity contribution < 1.29 is 4.79 Å². The number of halogens is 2. The lowest BCUT2D eigenvalue weighted by Crippen LogP contribution is -2.11. The molecule has 2 aromatic heterocycles. The third-order valence-corrected chi connectivity index (χ3v) is 4.79. The van der Waals surface area contributed by atoms with Crippen molar-refractivity contribution in [2.24, 2.45) is 0 Å². The Morgan fingerprint density at radius 2 is 2.04 bits per heavy atom. The molecule has 0 radical (unpaired) electrons. The van der Waals surface area contributed by atoms with Gasteiger partial charge in [-0.2, -0.15) is 0 Å². The Bertz CT molecular complexity index is 852. The van der Waals surface area contributed by atoms with Gasteiger partial charge in [0.2, 0.25) is 10.3 Å². The van der Waals surface area contributed by atoms with Crippen LogP contribution in [0.2, 0.25) is 10.0 Å². The highest BCUT2D eigenvalue weighted by Gasteiger charge is 2.11. The summed E-state index contributed by atoms with van der Waals surface area (Å²) in [7, 11) is 0. The summed E-state index contributed by atoms with van der Waals surface area (Å²) in [5, 5.41) is 15.6. The molecule has 0 bridgehead atoms. The summed E-state index contributed by atoms with van der Waals surface area (Å²) in [6.45, 7) is 1.61. The van der Waals surface area contributed by atoms with Gasteiger partial charge >= 0.3 is 0 Å². The van der Waals surface area contributed by atoms with Crippen LogP contribution in [0.25, 0.3) is 0 Å². The maximum absolute atomic E-state index is 12.2. The van der Waals surface area contributed by atoms with Gasteiger partial charge in [-0.15, -0.1) is 10.2 Å². The average Bonchev–Trinajstić information content (AvgIpc) is 3.26. The lowest BCUT2D eigenvalue weighted by molar-refractivity contribution is 0.102. The van der Waals surface area contributed by atoms with Crippen molar-refractivity contribution >= 4 is 50.7 Å². The molecular formula is C15H14Cl2N6OS. The van der Waals surface area contributed by atoms with Gasteiger partial charge in [0, 0.05) is 31.0 Å². The molecular weight excluding hydrogens is 383 g/mol. The molecule has 0 aliphatic rings. The van der Waals surface area contributed by atoms with Crippen LogP contribution in [0.5, 0.6) is 0 Å². The van der Waals surface area contributed by atoms with E-state index in [1.54, 1.807) is 24.7 Å². The number of carbonyl (C=O) groups is 1. The van der Waals surface area contributed by atoms with Crippen LogP contribution in [0.1, 0.15) is 16.8 Å². The van der Waals surface area contributed by atoms with Gasteiger partial charge in [0.1, 0.15) is 0 Å². The molecule has 0 aliphatic carbocycles. The van der Waals surface area contributed by atoms with Crippen LogP contribution < -0.4 is 10.6 Å². The Morgan fingerprint density at radius 1 is 1.20 bits per heavy atom. The number of rotatable bonds is 7. The van der Waals surface area contributed by atoms with Gasteiger partial charge in [0.15, 0.2) is 0 Å². The van der Waals surface area contributed by atoms with Crippen LogP contribution in [-0.4, -0.2) is 32.2 Å².